The van der Waals surface area contributed by atoms with E-state index in [0.29, 0.717) is 0 Å². The summed E-state index contributed by atoms with van der Waals surface area (Å²) in [5.41, 5.74) is 2.90. The molecule has 1 aliphatic rings. The van der Waals surface area contributed by atoms with Crippen LogP contribution >= 0.6 is 0 Å². The van der Waals surface area contributed by atoms with Crippen LogP contribution in [0.15, 0.2) is 54.6 Å². The highest BCUT2D eigenvalue weighted by atomic mass is 19.1. The van der Waals surface area contributed by atoms with Crippen molar-refractivity contribution < 1.29 is 9.18 Å². The van der Waals surface area contributed by atoms with Gasteiger partial charge in [0.1, 0.15) is 5.82 Å². The molecule has 0 bridgehead atoms. The Kier molecular flexibility index (Phi) is 3.57. The topological polar surface area (TPSA) is 29.1 Å². The first-order valence-corrected chi connectivity index (χ1v) is 7.33. The summed E-state index contributed by atoms with van der Waals surface area (Å²) >= 11 is 0. The molecule has 2 aromatic rings. The van der Waals surface area contributed by atoms with Crippen LogP contribution in [-0.2, 0) is 6.42 Å². The Hall–Kier alpha value is -2.42. The number of benzene rings is 2. The highest BCUT2D eigenvalue weighted by Crippen LogP contribution is 2.29. The van der Waals surface area contributed by atoms with Crippen molar-refractivity contribution in [3.05, 3.63) is 77.1 Å². The van der Waals surface area contributed by atoms with E-state index < -0.39 is 5.82 Å². The van der Waals surface area contributed by atoms with Crippen LogP contribution in [0.4, 0.5) is 4.39 Å². The van der Waals surface area contributed by atoms with Gasteiger partial charge in [0.15, 0.2) is 5.78 Å². The number of allylic oxidation sites excluding steroid dienone is 1. The molecule has 1 aliphatic heterocycles. The number of hydrogen-bond donors (Lipinski definition) is 1. The van der Waals surface area contributed by atoms with Crippen LogP contribution in [0.25, 0.3) is 5.70 Å². The van der Waals surface area contributed by atoms with Crippen LogP contribution in [0.3, 0.4) is 0 Å². The van der Waals surface area contributed by atoms with Gasteiger partial charge in [0.2, 0.25) is 0 Å². The second-order valence-electron chi connectivity index (χ2n) is 6.24. The SMILES string of the molecule is CC1(C)Cc2ccccc2/C(=C/C(=O)c2ccccc2F)N1. The molecule has 0 saturated carbocycles. The number of carbonyl (C=O) groups excluding carboxylic acids is 1. The van der Waals surface area contributed by atoms with Crippen LogP contribution in [0, 0.1) is 5.82 Å². The van der Waals surface area contributed by atoms with E-state index in [1.807, 2.05) is 18.2 Å². The maximum absolute atomic E-state index is 13.8. The summed E-state index contributed by atoms with van der Waals surface area (Å²) in [5, 5.41) is 3.39. The molecule has 0 fully saturated rings. The normalized spacial score (nSPS) is 17.7. The molecule has 0 spiro atoms. The number of fused-ring (bicyclic) bond motifs is 1. The predicted molar refractivity (Wildman–Crippen MR) is 86.1 cm³/mol. The van der Waals surface area contributed by atoms with E-state index in [4.69, 9.17) is 0 Å². The van der Waals surface area contributed by atoms with Crippen molar-refractivity contribution in [3.8, 4) is 0 Å². The van der Waals surface area contributed by atoms with Gasteiger partial charge >= 0.3 is 0 Å². The summed E-state index contributed by atoms with van der Waals surface area (Å²) in [7, 11) is 0. The molecule has 2 aromatic carbocycles. The molecular weight excluding hydrogens is 277 g/mol. The maximum atomic E-state index is 13.8. The average Bonchev–Trinajstić information content (AvgIpc) is 2.46. The van der Waals surface area contributed by atoms with Crippen LogP contribution in [0.2, 0.25) is 0 Å². The molecule has 2 nitrogen and oxygen atoms in total. The van der Waals surface area contributed by atoms with Gasteiger partial charge in [0, 0.05) is 22.9 Å². The van der Waals surface area contributed by atoms with Gasteiger partial charge in [-0.1, -0.05) is 36.4 Å². The molecule has 112 valence electrons. The second kappa shape index (κ2) is 5.41. The first-order valence-electron chi connectivity index (χ1n) is 7.33. The molecule has 3 heteroatoms. The van der Waals surface area contributed by atoms with Gasteiger partial charge in [-0.15, -0.1) is 0 Å². The molecule has 0 aliphatic carbocycles. The molecule has 3 rings (SSSR count). The third kappa shape index (κ3) is 2.80. The second-order valence-corrected chi connectivity index (χ2v) is 6.24. The Morgan fingerprint density at radius 1 is 1.14 bits per heavy atom. The molecule has 0 saturated heterocycles. The summed E-state index contributed by atoms with van der Waals surface area (Å²) in [6, 6.07) is 14.1. The Labute approximate surface area is 129 Å². The molecular formula is C19H18FNO. The number of hydrogen-bond acceptors (Lipinski definition) is 2. The number of carbonyl (C=O) groups is 1. The molecule has 0 radical (unpaired) electrons. The van der Waals surface area contributed by atoms with Gasteiger partial charge in [-0.3, -0.25) is 4.79 Å². The van der Waals surface area contributed by atoms with Crippen LogP contribution in [-0.4, -0.2) is 11.3 Å². The van der Waals surface area contributed by atoms with Gasteiger partial charge in [-0.05, 0) is 38.0 Å². The summed E-state index contributed by atoms with van der Waals surface area (Å²) < 4.78 is 13.8. The van der Waals surface area contributed by atoms with Gasteiger partial charge < -0.3 is 5.32 Å². The minimum Gasteiger partial charge on any atom is -0.379 e. The highest BCUT2D eigenvalue weighted by molar-refractivity contribution is 6.08. The van der Waals surface area contributed by atoms with Crippen molar-refractivity contribution in [2.45, 2.75) is 25.8 Å². The van der Waals surface area contributed by atoms with Crippen molar-refractivity contribution in [2.24, 2.45) is 0 Å². The molecule has 1 N–H and O–H groups in total. The lowest BCUT2D eigenvalue weighted by atomic mass is 9.85. The van der Waals surface area contributed by atoms with Crippen molar-refractivity contribution in [1.29, 1.82) is 0 Å². The Morgan fingerprint density at radius 2 is 1.82 bits per heavy atom. The largest absolute Gasteiger partial charge is 0.379 e. The lowest BCUT2D eigenvalue weighted by Crippen LogP contribution is -2.43. The van der Waals surface area contributed by atoms with E-state index in [1.165, 1.54) is 23.8 Å². The third-order valence-electron chi connectivity index (χ3n) is 3.83. The predicted octanol–water partition coefficient (Wildman–Crippen LogP) is 3.97. The van der Waals surface area contributed by atoms with Gasteiger partial charge in [-0.2, -0.15) is 0 Å². The van der Waals surface area contributed by atoms with E-state index >= 15 is 0 Å². The molecule has 0 aromatic heterocycles. The summed E-state index contributed by atoms with van der Waals surface area (Å²) in [6.07, 6.45) is 2.38. The fourth-order valence-electron chi connectivity index (χ4n) is 2.87. The maximum Gasteiger partial charge on any atom is 0.190 e. The smallest absolute Gasteiger partial charge is 0.190 e. The number of halogens is 1. The lowest BCUT2D eigenvalue weighted by molar-refractivity contribution is 0.104. The molecule has 0 atom stereocenters. The third-order valence-corrected chi connectivity index (χ3v) is 3.83. The Balaban J connectivity index is 2.04. The minimum atomic E-state index is -0.493. The summed E-state index contributed by atoms with van der Waals surface area (Å²) in [5.74, 6) is -0.819. The Bertz CT molecular complexity index is 762. The zero-order valence-electron chi connectivity index (χ0n) is 12.7. The van der Waals surface area contributed by atoms with E-state index in [9.17, 15) is 9.18 Å². The summed E-state index contributed by atoms with van der Waals surface area (Å²) in [4.78, 5) is 12.4. The molecule has 1 heterocycles. The van der Waals surface area contributed by atoms with Crippen LogP contribution in [0.1, 0.15) is 35.3 Å². The van der Waals surface area contributed by atoms with Gasteiger partial charge in [0.25, 0.3) is 0 Å². The van der Waals surface area contributed by atoms with E-state index in [2.05, 4.69) is 25.2 Å². The molecule has 0 amide bonds. The van der Waals surface area contributed by atoms with E-state index in [1.54, 1.807) is 12.1 Å². The molecule has 22 heavy (non-hydrogen) atoms. The minimum absolute atomic E-state index is 0.0951. The fourth-order valence-corrected chi connectivity index (χ4v) is 2.87. The van der Waals surface area contributed by atoms with Crippen molar-refractivity contribution in [3.63, 3.8) is 0 Å². The average molecular weight is 295 g/mol. The fraction of sp³-hybridized carbons (Fsp3) is 0.211. The quantitative estimate of drug-likeness (QED) is 0.671. The first-order chi connectivity index (χ1) is 10.5. The van der Waals surface area contributed by atoms with E-state index in [0.717, 1.165) is 17.7 Å². The number of ketones is 1. The zero-order chi connectivity index (χ0) is 15.7. The van der Waals surface area contributed by atoms with Crippen molar-refractivity contribution in [2.75, 3.05) is 0 Å². The van der Waals surface area contributed by atoms with Crippen molar-refractivity contribution >= 4 is 11.5 Å². The van der Waals surface area contributed by atoms with Gasteiger partial charge in [0.05, 0.1) is 5.56 Å². The van der Waals surface area contributed by atoms with Crippen LogP contribution in [0.5, 0.6) is 0 Å². The number of rotatable bonds is 2. The standard InChI is InChI=1S/C19H18FNO/c1-19(2)12-13-7-3-4-8-14(13)17(21-19)11-18(22)15-9-5-6-10-16(15)20/h3-11,21H,12H2,1-2H3/b17-11-. The van der Waals surface area contributed by atoms with Gasteiger partial charge in [-0.25, -0.2) is 4.39 Å². The lowest BCUT2D eigenvalue weighted by Gasteiger charge is -2.35. The summed E-state index contributed by atoms with van der Waals surface area (Å²) in [6.45, 7) is 4.18. The zero-order valence-corrected chi connectivity index (χ0v) is 12.7. The monoisotopic (exact) mass is 295 g/mol. The van der Waals surface area contributed by atoms with Crippen LogP contribution < -0.4 is 5.32 Å². The molecule has 0 unspecified atom stereocenters. The highest BCUT2D eigenvalue weighted by Gasteiger charge is 2.27. The number of nitrogens with one attached hydrogen (secondary N) is 1. The Morgan fingerprint density at radius 3 is 2.59 bits per heavy atom. The first kappa shape index (κ1) is 14.5. The van der Waals surface area contributed by atoms with Crippen molar-refractivity contribution in [1.82, 2.24) is 5.32 Å². The van der Waals surface area contributed by atoms with E-state index in [-0.39, 0.29) is 16.9 Å².